The molecule has 0 saturated carbocycles. The van der Waals surface area contributed by atoms with E-state index < -0.39 is 0 Å². The summed E-state index contributed by atoms with van der Waals surface area (Å²) < 4.78 is 0. The Labute approximate surface area is 91.4 Å². The maximum atomic E-state index is 5.30. The number of nitrogens with two attached hydrogens (primary N) is 2. The number of aryl methyl sites for hydroxylation is 1. The van der Waals surface area contributed by atoms with Crippen LogP contribution in [-0.2, 0) is 6.42 Å². The monoisotopic (exact) mass is 224 g/mol. The molecule has 2 aromatic rings. The largest absolute Gasteiger partial charge is 0.374 e. The van der Waals surface area contributed by atoms with Gasteiger partial charge in [-0.05, 0) is 12.5 Å². The molecule has 0 unspecified atom stereocenters. The number of nitrogens with zero attached hydrogens (tertiary/aromatic N) is 4. The Kier molecular flexibility index (Phi) is 4.42. The van der Waals surface area contributed by atoms with Gasteiger partial charge in [-0.3, -0.25) is 0 Å². The van der Waals surface area contributed by atoms with E-state index in [2.05, 4.69) is 20.2 Å². The predicted octanol–water partition coefficient (Wildman–Crippen LogP) is 0.742. The molecule has 80 valence electrons. The van der Waals surface area contributed by atoms with Crippen molar-refractivity contribution in [2.45, 2.75) is 13.3 Å². The van der Waals surface area contributed by atoms with Crippen molar-refractivity contribution in [3.05, 3.63) is 23.5 Å². The number of nitrogen functional groups attached to an aromatic ring is 2. The Hall–Kier alpha value is -1.76. The smallest absolute Gasteiger partial charge is 0.219 e. The van der Waals surface area contributed by atoms with Crippen molar-refractivity contribution in [3.63, 3.8) is 0 Å². The summed E-state index contributed by atoms with van der Waals surface area (Å²) in [7, 11) is 0. The fraction of sp³-hybridized carbons (Fsp3) is 0.250. The van der Waals surface area contributed by atoms with Gasteiger partial charge in [-0.1, -0.05) is 18.3 Å². The molecule has 7 heteroatoms. The van der Waals surface area contributed by atoms with E-state index in [0.717, 1.165) is 11.4 Å². The topological polar surface area (TPSA) is 104 Å². The molecule has 0 aliphatic rings. The zero-order valence-electron chi connectivity index (χ0n) is 8.29. The Morgan fingerprint density at radius 3 is 2.13 bits per heavy atom. The second-order valence-corrected chi connectivity index (χ2v) is 3.59. The maximum Gasteiger partial charge on any atom is 0.219 e. The van der Waals surface area contributed by atoms with E-state index in [1.165, 1.54) is 11.3 Å². The Morgan fingerprint density at radius 1 is 1.20 bits per heavy atom. The van der Waals surface area contributed by atoms with Crippen molar-refractivity contribution in [2.75, 3.05) is 11.5 Å². The van der Waals surface area contributed by atoms with Gasteiger partial charge in [-0.25, -0.2) is 9.97 Å². The van der Waals surface area contributed by atoms with Gasteiger partial charge in [0.25, 0.3) is 0 Å². The summed E-state index contributed by atoms with van der Waals surface area (Å²) in [4.78, 5) is 7.29. The van der Waals surface area contributed by atoms with E-state index in [-0.39, 0.29) is 0 Å². The summed E-state index contributed by atoms with van der Waals surface area (Å²) in [6.45, 7) is 2.03. The molecule has 0 saturated heterocycles. The van der Waals surface area contributed by atoms with Gasteiger partial charge in [-0.15, -0.1) is 10.2 Å². The highest BCUT2D eigenvalue weighted by Crippen LogP contribution is 2.10. The molecule has 2 heterocycles. The van der Waals surface area contributed by atoms with Gasteiger partial charge in [0.1, 0.15) is 5.01 Å². The molecule has 15 heavy (non-hydrogen) atoms. The van der Waals surface area contributed by atoms with Crippen LogP contribution in [-0.4, -0.2) is 20.2 Å². The number of anilines is 2. The summed E-state index contributed by atoms with van der Waals surface area (Å²) in [6.07, 6.45) is 4.12. The summed E-state index contributed by atoms with van der Waals surface area (Å²) >= 11 is 1.44. The van der Waals surface area contributed by atoms with Crippen molar-refractivity contribution in [1.29, 1.82) is 0 Å². The molecule has 2 rings (SSSR count). The average molecular weight is 224 g/mol. The minimum atomic E-state index is 0.322. The number of aromatic nitrogens is 4. The highest BCUT2D eigenvalue weighted by Gasteiger charge is 1.94. The highest BCUT2D eigenvalue weighted by atomic mass is 32.1. The Balaban J connectivity index is 0.000000151. The summed E-state index contributed by atoms with van der Waals surface area (Å²) in [5.41, 5.74) is 10.4. The maximum absolute atomic E-state index is 5.30. The van der Waals surface area contributed by atoms with Crippen molar-refractivity contribution >= 4 is 22.4 Å². The molecule has 4 N–H and O–H groups in total. The first kappa shape index (κ1) is 11.3. The van der Waals surface area contributed by atoms with Crippen LogP contribution >= 0.6 is 11.3 Å². The van der Waals surface area contributed by atoms with Gasteiger partial charge < -0.3 is 11.5 Å². The fourth-order valence-corrected chi connectivity index (χ4v) is 1.27. The average Bonchev–Trinajstić information content (AvgIpc) is 2.66. The van der Waals surface area contributed by atoms with Gasteiger partial charge in [0.05, 0.1) is 0 Å². The molecule has 0 aliphatic heterocycles. The lowest BCUT2D eigenvalue weighted by atomic mass is 10.5. The minimum absolute atomic E-state index is 0.322. The quantitative estimate of drug-likeness (QED) is 0.740. The fourth-order valence-electron chi connectivity index (χ4n) is 0.720. The first-order valence-electron chi connectivity index (χ1n) is 4.32. The van der Waals surface area contributed by atoms with Crippen LogP contribution in [0, 0.1) is 0 Å². The molecule has 2 aromatic heterocycles. The SMILES string of the molecule is CCc1nnc(N)s1.Nc1ncccn1. The molecule has 0 atom stereocenters. The van der Waals surface area contributed by atoms with E-state index in [1.54, 1.807) is 18.5 Å². The zero-order chi connectivity index (χ0) is 11.1. The van der Waals surface area contributed by atoms with Gasteiger partial charge in [0.15, 0.2) is 0 Å². The van der Waals surface area contributed by atoms with Crippen LogP contribution in [0.25, 0.3) is 0 Å². The predicted molar refractivity (Wildman–Crippen MR) is 60.1 cm³/mol. The third-order valence-electron chi connectivity index (χ3n) is 1.37. The van der Waals surface area contributed by atoms with E-state index in [4.69, 9.17) is 11.5 Å². The summed E-state index contributed by atoms with van der Waals surface area (Å²) in [6, 6.07) is 1.72. The van der Waals surface area contributed by atoms with Crippen LogP contribution < -0.4 is 11.5 Å². The van der Waals surface area contributed by atoms with Crippen LogP contribution in [0.5, 0.6) is 0 Å². The Bertz CT molecular complexity index is 387. The number of hydrogen-bond donors (Lipinski definition) is 2. The second-order valence-electron chi connectivity index (χ2n) is 2.49. The number of rotatable bonds is 1. The zero-order valence-corrected chi connectivity index (χ0v) is 9.11. The molecule has 0 spiro atoms. The van der Waals surface area contributed by atoms with Crippen LogP contribution in [0.15, 0.2) is 18.5 Å². The number of hydrogen-bond acceptors (Lipinski definition) is 7. The highest BCUT2D eigenvalue weighted by molar-refractivity contribution is 7.15. The van der Waals surface area contributed by atoms with E-state index in [1.807, 2.05) is 6.92 Å². The molecule has 0 aliphatic carbocycles. The van der Waals surface area contributed by atoms with Crippen molar-refractivity contribution < 1.29 is 0 Å². The lowest BCUT2D eigenvalue weighted by Crippen LogP contribution is -1.90. The molecule has 0 aromatic carbocycles. The standard InChI is InChI=1S/C4H7N3S.C4H5N3/c1-2-3-6-7-4(5)8-3;5-4-6-2-1-3-7-4/h2H2,1H3,(H2,5,7);1-3H,(H2,5,6,7). The normalized spacial score (nSPS) is 9.13. The third-order valence-corrected chi connectivity index (χ3v) is 2.27. The first-order chi connectivity index (χ1) is 7.22. The van der Waals surface area contributed by atoms with Crippen LogP contribution in [0.2, 0.25) is 0 Å². The minimum Gasteiger partial charge on any atom is -0.374 e. The summed E-state index contributed by atoms with van der Waals surface area (Å²) in [5, 5.41) is 8.97. The second kappa shape index (κ2) is 5.86. The van der Waals surface area contributed by atoms with Gasteiger partial charge >= 0.3 is 0 Å². The molecule has 0 radical (unpaired) electrons. The van der Waals surface area contributed by atoms with Gasteiger partial charge in [-0.2, -0.15) is 0 Å². The molecular formula is C8H12N6S. The van der Waals surface area contributed by atoms with Gasteiger partial charge in [0.2, 0.25) is 11.1 Å². The summed E-state index contributed by atoms with van der Waals surface area (Å²) in [5.74, 6) is 0.322. The molecule has 0 amide bonds. The van der Waals surface area contributed by atoms with Gasteiger partial charge in [0, 0.05) is 12.4 Å². The third kappa shape index (κ3) is 4.32. The lowest BCUT2D eigenvalue weighted by molar-refractivity contribution is 0.988. The van der Waals surface area contributed by atoms with E-state index >= 15 is 0 Å². The molecular weight excluding hydrogens is 212 g/mol. The molecule has 0 bridgehead atoms. The molecule has 6 nitrogen and oxygen atoms in total. The molecule has 0 fully saturated rings. The lowest BCUT2D eigenvalue weighted by Gasteiger charge is -1.82. The van der Waals surface area contributed by atoms with E-state index in [0.29, 0.717) is 11.1 Å². The van der Waals surface area contributed by atoms with Crippen LogP contribution in [0.3, 0.4) is 0 Å². The van der Waals surface area contributed by atoms with Crippen molar-refractivity contribution in [2.24, 2.45) is 0 Å². The van der Waals surface area contributed by atoms with Crippen LogP contribution in [0.1, 0.15) is 11.9 Å². The van der Waals surface area contributed by atoms with Crippen LogP contribution in [0.4, 0.5) is 11.1 Å². The van der Waals surface area contributed by atoms with E-state index in [9.17, 15) is 0 Å². The Morgan fingerprint density at radius 2 is 1.87 bits per heavy atom. The van der Waals surface area contributed by atoms with Crippen molar-refractivity contribution in [3.8, 4) is 0 Å². The van der Waals surface area contributed by atoms with Crippen molar-refractivity contribution in [1.82, 2.24) is 20.2 Å². The first-order valence-corrected chi connectivity index (χ1v) is 5.14.